The van der Waals surface area contributed by atoms with E-state index in [0.717, 1.165) is 47.2 Å². The monoisotopic (exact) mass is 638 g/mol. The molecule has 47 heavy (non-hydrogen) atoms. The highest BCUT2D eigenvalue weighted by molar-refractivity contribution is 5.63. The van der Waals surface area contributed by atoms with Gasteiger partial charge in [0.2, 0.25) is 11.5 Å². The van der Waals surface area contributed by atoms with Gasteiger partial charge in [-0.15, -0.1) is 0 Å². The maximum absolute atomic E-state index is 14.2. The van der Waals surface area contributed by atoms with Gasteiger partial charge >= 0.3 is 0 Å². The summed E-state index contributed by atoms with van der Waals surface area (Å²) in [4.78, 5) is 2.37. The van der Waals surface area contributed by atoms with Crippen LogP contribution in [0.2, 0.25) is 0 Å². The highest BCUT2D eigenvalue weighted by Crippen LogP contribution is 2.52. The Morgan fingerprint density at radius 3 is 1.74 bits per heavy atom. The van der Waals surface area contributed by atoms with E-state index < -0.39 is 10.7 Å². The summed E-state index contributed by atoms with van der Waals surface area (Å²) in [5, 5.41) is 14.2. The van der Waals surface area contributed by atoms with Crippen LogP contribution in [0, 0.1) is 5.21 Å². The predicted octanol–water partition coefficient (Wildman–Crippen LogP) is 7.18. The molecule has 0 N–H and O–H groups in total. The Labute approximate surface area is 276 Å². The van der Waals surface area contributed by atoms with Gasteiger partial charge in [-0.2, -0.15) is 0 Å². The fraction of sp³-hybridized carbons (Fsp3) is 0.368. The first kappa shape index (κ1) is 31.2. The number of nitrogens with zero attached hydrogens (tertiary/aromatic N) is 2. The SMILES string of the molecule is COc1cc2c3c(c1OC)Oc1ccc(cc1)CC1c4c(cc(OC)c(OC)c4Oc4ccc(cc4)CC3N(C)CC2)CC[N+]1(C)[O-]. The summed E-state index contributed by atoms with van der Waals surface area (Å²) in [5.74, 6) is 4.83. The summed E-state index contributed by atoms with van der Waals surface area (Å²) in [6.07, 6.45) is 2.73. The third-order valence-electron chi connectivity index (χ3n) is 10.1. The van der Waals surface area contributed by atoms with E-state index >= 15 is 0 Å². The molecule has 0 radical (unpaired) electrons. The number of hydrogen-bond acceptors (Lipinski definition) is 8. The van der Waals surface area contributed by atoms with Crippen molar-refractivity contribution in [2.45, 2.75) is 37.8 Å². The van der Waals surface area contributed by atoms with Crippen molar-refractivity contribution in [1.82, 2.24) is 4.90 Å². The molecule has 3 unspecified atom stereocenters. The van der Waals surface area contributed by atoms with Gasteiger partial charge in [-0.05, 0) is 78.5 Å². The van der Waals surface area contributed by atoms with Gasteiger partial charge in [-0.1, -0.05) is 24.3 Å². The number of benzene rings is 4. The molecule has 10 rings (SSSR count). The largest absolute Gasteiger partial charge is 0.633 e. The second-order valence-electron chi connectivity index (χ2n) is 12.8. The molecule has 0 fully saturated rings. The molecule has 0 aliphatic carbocycles. The average molecular weight is 639 g/mol. The van der Waals surface area contributed by atoms with Crippen molar-refractivity contribution >= 4 is 0 Å². The first-order valence-electron chi connectivity index (χ1n) is 16.1. The molecule has 6 heterocycles. The van der Waals surface area contributed by atoms with Gasteiger partial charge in [-0.25, -0.2) is 0 Å². The molecule has 9 nitrogen and oxygen atoms in total. The summed E-state index contributed by atoms with van der Waals surface area (Å²) < 4.78 is 36.4. The van der Waals surface area contributed by atoms with Gasteiger partial charge in [0.05, 0.1) is 47.6 Å². The van der Waals surface area contributed by atoms with Crippen molar-refractivity contribution in [2.24, 2.45) is 0 Å². The van der Waals surface area contributed by atoms with Gasteiger partial charge in [0.15, 0.2) is 23.0 Å². The summed E-state index contributed by atoms with van der Waals surface area (Å²) in [6.45, 7) is 1.35. The Balaban J connectivity index is 1.42. The molecule has 0 amide bonds. The molecule has 4 aromatic carbocycles. The third kappa shape index (κ3) is 5.52. The Kier molecular flexibility index (Phi) is 8.16. The number of methoxy groups -OCH3 is 4. The number of likely N-dealkylation sites (N-methyl/N-ethyl adjacent to an activating group) is 2. The van der Waals surface area contributed by atoms with Crippen molar-refractivity contribution in [3.63, 3.8) is 0 Å². The van der Waals surface area contributed by atoms with Crippen LogP contribution >= 0.6 is 0 Å². The van der Waals surface area contributed by atoms with Crippen molar-refractivity contribution in [1.29, 1.82) is 0 Å². The van der Waals surface area contributed by atoms with E-state index in [0.29, 0.717) is 65.4 Å². The Bertz CT molecular complexity index is 1790. The molecule has 9 heteroatoms. The number of quaternary nitrogens is 1. The zero-order chi connectivity index (χ0) is 32.9. The minimum absolute atomic E-state index is 0.0391. The Morgan fingerprint density at radius 1 is 0.702 bits per heavy atom. The minimum Gasteiger partial charge on any atom is -0.633 e. The average Bonchev–Trinajstić information content (AvgIpc) is 3.07. The maximum atomic E-state index is 14.2. The smallest absolute Gasteiger partial charge is 0.204 e. The highest BCUT2D eigenvalue weighted by Gasteiger charge is 2.39. The first-order valence-corrected chi connectivity index (χ1v) is 16.1. The summed E-state index contributed by atoms with van der Waals surface area (Å²) in [6, 6.07) is 19.9. The maximum Gasteiger partial charge on any atom is 0.204 e. The van der Waals surface area contributed by atoms with E-state index in [1.54, 1.807) is 35.5 Å². The minimum atomic E-state index is -0.432. The van der Waals surface area contributed by atoms with Gasteiger partial charge in [0.25, 0.3) is 0 Å². The van der Waals surface area contributed by atoms with Gasteiger partial charge < -0.3 is 38.3 Å². The van der Waals surface area contributed by atoms with Crippen molar-refractivity contribution in [3.05, 3.63) is 99.3 Å². The van der Waals surface area contributed by atoms with Crippen molar-refractivity contribution < 1.29 is 33.1 Å². The van der Waals surface area contributed by atoms with Gasteiger partial charge in [0.1, 0.15) is 17.5 Å². The predicted molar refractivity (Wildman–Crippen MR) is 179 cm³/mol. The molecular weight excluding hydrogens is 596 g/mol. The molecule has 4 bridgehead atoms. The molecule has 6 aliphatic rings. The highest BCUT2D eigenvalue weighted by atomic mass is 16.6. The number of ether oxygens (including phenoxy) is 6. The summed E-state index contributed by atoms with van der Waals surface area (Å²) >= 11 is 0. The number of hydroxylamine groups is 3. The van der Waals surface area contributed by atoms with Crippen LogP contribution in [0.4, 0.5) is 0 Å². The second-order valence-corrected chi connectivity index (χ2v) is 12.8. The van der Waals surface area contributed by atoms with Crippen molar-refractivity contribution in [3.8, 4) is 46.0 Å². The lowest BCUT2D eigenvalue weighted by atomic mass is 9.87. The fourth-order valence-corrected chi connectivity index (χ4v) is 7.47. The van der Waals surface area contributed by atoms with Crippen LogP contribution in [0.15, 0.2) is 60.7 Å². The molecule has 0 spiro atoms. The standard InChI is InChI=1S/C38H42N2O7/c1-39-17-15-25-21-31(42-3)35(44-5)37-33(25)29(39)19-23-7-11-28(12-8-23)47-38-34-26(22-32(43-4)36(38)45-6)16-18-40(2,41)30(34)20-24-9-13-27(46-37)14-10-24/h7-14,21-22,29-30H,15-20H2,1-6H3. The lowest BCUT2D eigenvalue weighted by molar-refractivity contribution is -0.894. The zero-order valence-corrected chi connectivity index (χ0v) is 27.9. The van der Waals surface area contributed by atoms with E-state index in [4.69, 9.17) is 28.4 Å². The molecule has 6 aliphatic heterocycles. The Morgan fingerprint density at radius 2 is 1.21 bits per heavy atom. The number of hydrogen-bond donors (Lipinski definition) is 0. The van der Waals surface area contributed by atoms with Crippen LogP contribution in [-0.2, 0) is 25.7 Å². The van der Waals surface area contributed by atoms with Crippen LogP contribution in [0.25, 0.3) is 0 Å². The second kappa shape index (κ2) is 12.3. The molecular formula is C38H42N2O7. The van der Waals surface area contributed by atoms with Crippen LogP contribution < -0.4 is 28.4 Å². The van der Waals surface area contributed by atoms with Crippen LogP contribution in [0.1, 0.15) is 45.5 Å². The third-order valence-corrected chi connectivity index (χ3v) is 10.1. The molecule has 4 aromatic rings. The molecule has 3 atom stereocenters. The van der Waals surface area contributed by atoms with Crippen LogP contribution in [-0.4, -0.2) is 65.2 Å². The van der Waals surface area contributed by atoms with Crippen LogP contribution in [0.5, 0.6) is 46.0 Å². The molecule has 0 saturated heterocycles. The Hall–Kier alpha value is -4.44. The lowest BCUT2D eigenvalue weighted by Gasteiger charge is -2.49. The summed E-state index contributed by atoms with van der Waals surface area (Å²) in [7, 11) is 10.4. The lowest BCUT2D eigenvalue weighted by Crippen LogP contribution is -2.47. The zero-order valence-electron chi connectivity index (χ0n) is 27.9. The van der Waals surface area contributed by atoms with E-state index in [-0.39, 0.29) is 6.04 Å². The molecule has 0 aromatic heterocycles. The van der Waals surface area contributed by atoms with Gasteiger partial charge in [0, 0.05) is 31.0 Å². The van der Waals surface area contributed by atoms with E-state index in [2.05, 4.69) is 30.1 Å². The summed E-state index contributed by atoms with van der Waals surface area (Å²) in [5.41, 5.74) is 6.34. The van der Waals surface area contributed by atoms with Gasteiger partial charge in [-0.3, -0.25) is 4.90 Å². The quantitative estimate of drug-likeness (QED) is 0.172. The topological polar surface area (TPSA) is 81.7 Å². The number of rotatable bonds is 4. The molecule has 0 saturated carbocycles. The van der Waals surface area contributed by atoms with Crippen LogP contribution in [0.3, 0.4) is 0 Å². The normalized spacial score (nSPS) is 21.8. The molecule has 246 valence electrons. The van der Waals surface area contributed by atoms with E-state index in [1.807, 2.05) is 42.5 Å². The van der Waals surface area contributed by atoms with E-state index in [9.17, 15) is 5.21 Å². The van der Waals surface area contributed by atoms with E-state index in [1.165, 1.54) is 5.56 Å². The fourth-order valence-electron chi connectivity index (χ4n) is 7.47. The first-order chi connectivity index (χ1) is 22.7. The van der Waals surface area contributed by atoms with Crippen molar-refractivity contribution in [2.75, 3.05) is 55.6 Å².